The van der Waals surface area contributed by atoms with E-state index in [2.05, 4.69) is 0 Å². The van der Waals surface area contributed by atoms with Gasteiger partial charge in [0, 0.05) is 12.1 Å². The van der Waals surface area contributed by atoms with E-state index in [1.807, 2.05) is 0 Å². The predicted octanol–water partition coefficient (Wildman–Crippen LogP) is 1.01. The van der Waals surface area contributed by atoms with Gasteiger partial charge < -0.3 is 10.0 Å². The highest BCUT2D eigenvalue weighted by Crippen LogP contribution is 2.52. The minimum absolute atomic E-state index is 0.143. The zero-order valence-electron chi connectivity index (χ0n) is 8.25. The molecule has 2 rings (SSSR count). The number of likely N-dealkylation sites (tertiary alicyclic amines) is 1. The lowest BCUT2D eigenvalue weighted by molar-refractivity contribution is -0.187. The first-order chi connectivity index (χ1) is 7.26. The Bertz CT molecular complexity index is 348. The molecular formula is C9H10F3NO3. The fourth-order valence-electron chi connectivity index (χ4n) is 2.28. The summed E-state index contributed by atoms with van der Waals surface area (Å²) in [5.41, 5.74) is -0.824. The highest BCUT2D eigenvalue weighted by Gasteiger charge is 2.61. The quantitative estimate of drug-likeness (QED) is 0.740. The number of carbonyl (C=O) groups is 2. The third-order valence-electron chi connectivity index (χ3n) is 3.27. The summed E-state index contributed by atoms with van der Waals surface area (Å²) in [7, 11) is 0. The molecular weight excluding hydrogens is 227 g/mol. The maximum atomic E-state index is 12.3. The average Bonchev–Trinajstić information content (AvgIpc) is 2.76. The van der Waals surface area contributed by atoms with E-state index in [0.717, 1.165) is 0 Å². The Morgan fingerprint density at radius 3 is 2.25 bits per heavy atom. The number of hydrogen-bond acceptors (Lipinski definition) is 2. The van der Waals surface area contributed by atoms with Crippen molar-refractivity contribution in [2.75, 3.05) is 6.54 Å². The molecule has 1 saturated carbocycles. The van der Waals surface area contributed by atoms with Crippen LogP contribution in [-0.4, -0.2) is 40.1 Å². The number of carboxylic acids is 1. The summed E-state index contributed by atoms with van der Waals surface area (Å²) in [6.07, 6.45) is -3.83. The van der Waals surface area contributed by atoms with E-state index >= 15 is 0 Å². The molecule has 7 heteroatoms. The topological polar surface area (TPSA) is 57.6 Å². The van der Waals surface area contributed by atoms with Crippen LogP contribution in [0.5, 0.6) is 0 Å². The summed E-state index contributed by atoms with van der Waals surface area (Å²) < 4.78 is 36.8. The van der Waals surface area contributed by atoms with Crippen LogP contribution in [0.3, 0.4) is 0 Å². The van der Waals surface area contributed by atoms with Gasteiger partial charge in [-0.15, -0.1) is 0 Å². The normalized spacial score (nSPS) is 27.2. The Morgan fingerprint density at radius 1 is 1.31 bits per heavy atom. The molecule has 1 aliphatic carbocycles. The molecule has 2 aliphatic rings. The van der Waals surface area contributed by atoms with Crippen molar-refractivity contribution in [3.63, 3.8) is 0 Å². The molecule has 2 fully saturated rings. The van der Waals surface area contributed by atoms with Gasteiger partial charge in [0.2, 0.25) is 0 Å². The van der Waals surface area contributed by atoms with Crippen LogP contribution >= 0.6 is 0 Å². The van der Waals surface area contributed by atoms with Crippen molar-refractivity contribution in [3.8, 4) is 0 Å². The highest BCUT2D eigenvalue weighted by molar-refractivity contribution is 5.84. The van der Waals surface area contributed by atoms with Gasteiger partial charge in [0.15, 0.2) is 0 Å². The van der Waals surface area contributed by atoms with Crippen LogP contribution in [0.25, 0.3) is 0 Å². The smallest absolute Gasteiger partial charge is 0.471 e. The Morgan fingerprint density at radius 2 is 1.88 bits per heavy atom. The third kappa shape index (κ3) is 1.64. The standard InChI is InChI=1S/C9H10F3NO3/c10-9(11,12)7(16)13-4-5(6(14)15)3-8(13)1-2-8/h5H,1-4H2,(H,14,15). The van der Waals surface area contributed by atoms with Crippen molar-refractivity contribution in [2.45, 2.75) is 31.0 Å². The number of amides is 1. The molecule has 90 valence electrons. The number of aliphatic carboxylic acids is 1. The Hall–Kier alpha value is -1.27. The van der Waals surface area contributed by atoms with E-state index in [1.54, 1.807) is 0 Å². The minimum atomic E-state index is -4.91. The Balaban J connectivity index is 2.17. The summed E-state index contributed by atoms with van der Waals surface area (Å²) in [5.74, 6) is -3.91. The van der Waals surface area contributed by atoms with Gasteiger partial charge in [0.1, 0.15) is 0 Å². The van der Waals surface area contributed by atoms with Gasteiger partial charge in [0.05, 0.1) is 5.92 Å². The van der Waals surface area contributed by atoms with Crippen LogP contribution in [0.2, 0.25) is 0 Å². The van der Waals surface area contributed by atoms with Crippen molar-refractivity contribution in [3.05, 3.63) is 0 Å². The fourth-order valence-corrected chi connectivity index (χ4v) is 2.28. The van der Waals surface area contributed by atoms with Crippen LogP contribution in [0.15, 0.2) is 0 Å². The van der Waals surface area contributed by atoms with Gasteiger partial charge in [-0.3, -0.25) is 9.59 Å². The summed E-state index contributed by atoms with van der Waals surface area (Å²) in [6.45, 7) is -0.326. The van der Waals surface area contributed by atoms with Crippen LogP contribution in [0, 0.1) is 5.92 Å². The second-order valence-corrected chi connectivity index (χ2v) is 4.38. The molecule has 0 bridgehead atoms. The van der Waals surface area contributed by atoms with E-state index in [0.29, 0.717) is 17.7 Å². The number of carboxylic acid groups (broad SMARTS) is 1. The average molecular weight is 237 g/mol. The zero-order chi connectivity index (χ0) is 12.1. The van der Waals surface area contributed by atoms with E-state index in [9.17, 15) is 22.8 Å². The maximum Gasteiger partial charge on any atom is 0.471 e. The molecule has 1 saturated heterocycles. The molecule has 0 aromatic rings. The Kier molecular flexibility index (Phi) is 2.18. The van der Waals surface area contributed by atoms with Gasteiger partial charge in [-0.2, -0.15) is 13.2 Å². The van der Waals surface area contributed by atoms with E-state index in [1.165, 1.54) is 0 Å². The van der Waals surface area contributed by atoms with Crippen LogP contribution in [0.1, 0.15) is 19.3 Å². The number of halogens is 3. The van der Waals surface area contributed by atoms with Crippen molar-refractivity contribution in [1.29, 1.82) is 0 Å². The summed E-state index contributed by atoms with van der Waals surface area (Å²) in [6, 6.07) is 0. The molecule has 0 radical (unpaired) electrons. The number of rotatable bonds is 1. The van der Waals surface area contributed by atoms with Crippen molar-refractivity contribution < 1.29 is 27.9 Å². The van der Waals surface area contributed by atoms with Gasteiger partial charge in [0.25, 0.3) is 0 Å². The minimum Gasteiger partial charge on any atom is -0.481 e. The number of carbonyl (C=O) groups excluding carboxylic acids is 1. The Labute approximate surface area is 89.0 Å². The molecule has 16 heavy (non-hydrogen) atoms. The van der Waals surface area contributed by atoms with Crippen molar-refractivity contribution in [1.82, 2.24) is 4.90 Å². The number of alkyl halides is 3. The second-order valence-electron chi connectivity index (χ2n) is 4.38. The predicted molar refractivity (Wildman–Crippen MR) is 45.5 cm³/mol. The van der Waals surface area contributed by atoms with Crippen LogP contribution < -0.4 is 0 Å². The molecule has 0 aromatic carbocycles. The van der Waals surface area contributed by atoms with Gasteiger partial charge >= 0.3 is 18.1 Å². The number of hydrogen-bond donors (Lipinski definition) is 1. The number of nitrogens with zero attached hydrogens (tertiary/aromatic N) is 1. The van der Waals surface area contributed by atoms with Crippen LogP contribution in [-0.2, 0) is 9.59 Å². The maximum absolute atomic E-state index is 12.3. The van der Waals surface area contributed by atoms with E-state index < -0.39 is 29.5 Å². The largest absolute Gasteiger partial charge is 0.481 e. The lowest BCUT2D eigenvalue weighted by Gasteiger charge is -2.24. The second kappa shape index (κ2) is 3.11. The van der Waals surface area contributed by atoms with Crippen molar-refractivity contribution in [2.24, 2.45) is 5.92 Å². The molecule has 1 N–H and O–H groups in total. The van der Waals surface area contributed by atoms with Crippen LogP contribution in [0.4, 0.5) is 13.2 Å². The summed E-state index contributed by atoms with van der Waals surface area (Å²) >= 11 is 0. The summed E-state index contributed by atoms with van der Waals surface area (Å²) in [4.78, 5) is 22.5. The molecule has 1 aliphatic heterocycles. The molecule has 4 nitrogen and oxygen atoms in total. The first-order valence-corrected chi connectivity index (χ1v) is 4.88. The third-order valence-corrected chi connectivity index (χ3v) is 3.27. The highest BCUT2D eigenvalue weighted by atomic mass is 19.4. The molecule has 1 heterocycles. The lowest BCUT2D eigenvalue weighted by Crippen LogP contribution is -2.45. The molecule has 1 unspecified atom stereocenters. The fraction of sp³-hybridized carbons (Fsp3) is 0.778. The van der Waals surface area contributed by atoms with Crippen molar-refractivity contribution >= 4 is 11.9 Å². The molecule has 1 spiro atoms. The first kappa shape index (κ1) is 11.2. The molecule has 1 amide bonds. The monoisotopic (exact) mass is 237 g/mol. The van der Waals surface area contributed by atoms with E-state index in [-0.39, 0.29) is 13.0 Å². The molecule has 1 atom stereocenters. The van der Waals surface area contributed by atoms with Gasteiger partial charge in [-0.25, -0.2) is 0 Å². The van der Waals surface area contributed by atoms with Gasteiger partial charge in [-0.05, 0) is 19.3 Å². The SMILES string of the molecule is O=C(O)C1CN(C(=O)C(F)(F)F)C2(CC2)C1. The van der Waals surface area contributed by atoms with E-state index in [4.69, 9.17) is 5.11 Å². The lowest BCUT2D eigenvalue weighted by atomic mass is 10.1. The summed E-state index contributed by atoms with van der Waals surface area (Å²) in [5, 5.41) is 8.76. The molecule has 0 aromatic heterocycles. The zero-order valence-corrected chi connectivity index (χ0v) is 8.25. The van der Waals surface area contributed by atoms with Gasteiger partial charge in [-0.1, -0.05) is 0 Å². The first-order valence-electron chi connectivity index (χ1n) is 4.88.